The Morgan fingerprint density at radius 3 is 2.33 bits per heavy atom. The first-order valence-corrected chi connectivity index (χ1v) is 11.5. The van der Waals surface area contributed by atoms with Crippen molar-refractivity contribution >= 4 is 0 Å². The fraction of sp³-hybridized carbons (Fsp3) is 0.519. The summed E-state index contributed by atoms with van der Waals surface area (Å²) in [5.41, 5.74) is 1.58. The quantitative estimate of drug-likeness (QED) is 0.331. The second-order valence-corrected chi connectivity index (χ2v) is 8.56. The normalized spacial score (nSPS) is 14.0. The molecular weight excluding hydrogens is 414 g/mol. The Balaban J connectivity index is 2.12. The Labute approximate surface area is 198 Å². The molecule has 178 valence electrons. The van der Waals surface area contributed by atoms with Crippen LogP contribution >= 0.6 is 0 Å². The van der Waals surface area contributed by atoms with Crippen LogP contribution in [0.15, 0.2) is 52.7 Å². The summed E-state index contributed by atoms with van der Waals surface area (Å²) in [5.74, 6) is 2.32. The Bertz CT molecular complexity index is 952. The van der Waals surface area contributed by atoms with Gasteiger partial charge < -0.3 is 14.2 Å². The maximum atomic E-state index is 10.3. The largest absolute Gasteiger partial charge is 0.497 e. The Hall–Kier alpha value is -3.07. The highest BCUT2D eigenvalue weighted by Crippen LogP contribution is 2.41. The molecule has 0 saturated heterocycles. The Morgan fingerprint density at radius 2 is 1.73 bits per heavy atom. The van der Waals surface area contributed by atoms with Crippen LogP contribution < -0.4 is 14.2 Å². The van der Waals surface area contributed by atoms with E-state index in [9.17, 15) is 5.26 Å². The number of aryl methyl sites for hydroxylation is 1. The van der Waals surface area contributed by atoms with Gasteiger partial charge in [0.05, 0.1) is 38.9 Å². The smallest absolute Gasteiger partial charge is 0.161 e. The van der Waals surface area contributed by atoms with Crippen LogP contribution in [0.1, 0.15) is 50.7 Å². The summed E-state index contributed by atoms with van der Waals surface area (Å²) < 4.78 is 16.2. The highest BCUT2D eigenvalue weighted by atomic mass is 16.5. The second-order valence-electron chi connectivity index (χ2n) is 8.56. The van der Waals surface area contributed by atoms with E-state index < -0.39 is 5.41 Å². The van der Waals surface area contributed by atoms with Crippen LogP contribution in [0.4, 0.5) is 0 Å². The maximum Gasteiger partial charge on any atom is 0.161 e. The summed E-state index contributed by atoms with van der Waals surface area (Å²) >= 11 is 0. The molecule has 2 rings (SSSR count). The molecule has 0 N–H and O–H groups in total. The van der Waals surface area contributed by atoms with Crippen LogP contribution in [0.3, 0.4) is 0 Å². The van der Waals surface area contributed by atoms with Gasteiger partial charge in [-0.25, -0.2) is 0 Å². The molecule has 2 atom stereocenters. The zero-order valence-corrected chi connectivity index (χ0v) is 20.8. The molecule has 6 nitrogen and oxygen atoms in total. The van der Waals surface area contributed by atoms with Gasteiger partial charge in [-0.05, 0) is 73.4 Å². The summed E-state index contributed by atoms with van der Waals surface area (Å²) in [6.07, 6.45) is 4.31. The van der Waals surface area contributed by atoms with Crippen molar-refractivity contribution in [2.75, 3.05) is 28.4 Å². The van der Waals surface area contributed by atoms with Crippen LogP contribution in [-0.4, -0.2) is 34.4 Å². The highest BCUT2D eigenvalue weighted by Gasteiger charge is 2.36. The molecule has 0 aliphatic rings. The molecule has 0 spiro atoms. The van der Waals surface area contributed by atoms with Gasteiger partial charge in [0.1, 0.15) is 5.75 Å². The molecule has 0 heterocycles. The Kier molecular flexibility index (Phi) is 10.2. The van der Waals surface area contributed by atoms with Crippen LogP contribution in [-0.2, 0) is 11.8 Å². The first-order valence-electron chi connectivity index (χ1n) is 11.5. The highest BCUT2D eigenvalue weighted by molar-refractivity contribution is 5.47. The topological polar surface area (TPSA) is 76.2 Å². The molecule has 0 saturated carbocycles. The van der Waals surface area contributed by atoms with Crippen molar-refractivity contribution in [3.63, 3.8) is 0 Å². The number of nitriles is 1. The lowest BCUT2D eigenvalue weighted by molar-refractivity contribution is 0.336. The van der Waals surface area contributed by atoms with Crippen LogP contribution in [0.5, 0.6) is 17.2 Å². The van der Waals surface area contributed by atoms with E-state index in [0.717, 1.165) is 43.4 Å². The lowest BCUT2D eigenvalue weighted by Crippen LogP contribution is -2.31. The number of hydrogen-bond acceptors (Lipinski definition) is 6. The molecule has 0 aliphatic carbocycles. The van der Waals surface area contributed by atoms with Gasteiger partial charge in [0.15, 0.2) is 11.5 Å². The van der Waals surface area contributed by atoms with Crippen molar-refractivity contribution in [3.8, 4) is 23.3 Å². The van der Waals surface area contributed by atoms with E-state index in [1.54, 1.807) is 28.4 Å². The fourth-order valence-electron chi connectivity index (χ4n) is 4.33. The summed E-state index contributed by atoms with van der Waals surface area (Å²) in [5, 5.41) is 18.8. The number of hydrogen-bond donors (Lipinski definition) is 0. The van der Waals surface area contributed by atoms with Gasteiger partial charge in [0, 0.05) is 7.05 Å². The molecule has 33 heavy (non-hydrogen) atoms. The summed E-state index contributed by atoms with van der Waals surface area (Å²) in [6, 6.07) is 16.7. The number of benzene rings is 2. The molecule has 0 radical (unpaired) electrons. The van der Waals surface area contributed by atoms with Gasteiger partial charge >= 0.3 is 0 Å². The van der Waals surface area contributed by atoms with Crippen molar-refractivity contribution in [3.05, 3.63) is 53.6 Å². The van der Waals surface area contributed by atoms with Crippen molar-refractivity contribution in [2.45, 2.75) is 57.4 Å². The fourth-order valence-corrected chi connectivity index (χ4v) is 4.33. The number of ether oxygens (including phenoxy) is 3. The van der Waals surface area contributed by atoms with Gasteiger partial charge in [0.25, 0.3) is 0 Å². The van der Waals surface area contributed by atoms with E-state index >= 15 is 0 Å². The molecule has 0 aromatic heterocycles. The maximum absolute atomic E-state index is 10.3. The van der Waals surface area contributed by atoms with Crippen molar-refractivity contribution < 1.29 is 14.2 Å². The molecule has 6 heteroatoms. The standard InChI is InChI=1S/C27H37N3O3/c1-20(2)27(19-28,22-13-15-25(32-5)26(18-22)33-6)16-8-10-23(30-29-3)14-12-21-9-7-11-24(17-21)31-4/h7,9,11,13,15,17-18,20,23H,8,10,12,14,16H2,1-6H3/t23-,27?/m1/s1. The van der Waals surface area contributed by atoms with Crippen LogP contribution in [0.25, 0.3) is 0 Å². The minimum absolute atomic E-state index is 0.121. The molecule has 0 bridgehead atoms. The number of azo groups is 1. The lowest BCUT2D eigenvalue weighted by Gasteiger charge is -2.32. The van der Waals surface area contributed by atoms with Crippen LogP contribution in [0, 0.1) is 17.2 Å². The zero-order chi connectivity index (χ0) is 24.3. The van der Waals surface area contributed by atoms with E-state index in [4.69, 9.17) is 14.2 Å². The van der Waals surface area contributed by atoms with Gasteiger partial charge in [0.2, 0.25) is 0 Å². The Morgan fingerprint density at radius 1 is 0.970 bits per heavy atom. The first-order chi connectivity index (χ1) is 15.9. The number of nitrogens with zero attached hydrogens (tertiary/aromatic N) is 3. The molecule has 0 aliphatic heterocycles. The van der Waals surface area contributed by atoms with Crippen LogP contribution in [0.2, 0.25) is 0 Å². The van der Waals surface area contributed by atoms with Gasteiger partial charge in [-0.15, -0.1) is 0 Å². The first kappa shape index (κ1) is 26.2. The minimum atomic E-state index is -0.611. The van der Waals surface area contributed by atoms with Gasteiger partial charge in [-0.1, -0.05) is 32.0 Å². The molecule has 0 amide bonds. The SMILES string of the molecule is CN=N[C@H](CCCC(C#N)(c1ccc(OC)c(OC)c1)C(C)C)CCc1cccc(OC)c1. The monoisotopic (exact) mass is 451 g/mol. The van der Waals surface area contributed by atoms with E-state index in [2.05, 4.69) is 42.3 Å². The molecular formula is C27H37N3O3. The van der Waals surface area contributed by atoms with Gasteiger partial charge in [-0.3, -0.25) is 0 Å². The number of methoxy groups -OCH3 is 3. The molecule has 1 unspecified atom stereocenters. The molecule has 0 fully saturated rings. The van der Waals surface area contributed by atoms with Crippen molar-refractivity contribution in [1.82, 2.24) is 0 Å². The summed E-state index contributed by atoms with van der Waals surface area (Å²) in [6.45, 7) is 4.21. The summed E-state index contributed by atoms with van der Waals surface area (Å²) in [7, 11) is 6.64. The predicted molar refractivity (Wildman–Crippen MR) is 131 cm³/mol. The van der Waals surface area contributed by atoms with Crippen molar-refractivity contribution in [1.29, 1.82) is 5.26 Å². The average Bonchev–Trinajstić information content (AvgIpc) is 2.84. The predicted octanol–water partition coefficient (Wildman–Crippen LogP) is 6.38. The third kappa shape index (κ3) is 6.71. The third-order valence-electron chi connectivity index (χ3n) is 6.37. The van der Waals surface area contributed by atoms with Crippen molar-refractivity contribution in [2.24, 2.45) is 16.1 Å². The van der Waals surface area contributed by atoms with E-state index in [0.29, 0.717) is 11.5 Å². The zero-order valence-electron chi connectivity index (χ0n) is 20.8. The average molecular weight is 452 g/mol. The second kappa shape index (κ2) is 12.8. The molecule has 2 aromatic rings. The van der Waals surface area contributed by atoms with E-state index in [1.165, 1.54) is 5.56 Å². The van der Waals surface area contributed by atoms with E-state index in [-0.39, 0.29) is 12.0 Å². The van der Waals surface area contributed by atoms with Gasteiger partial charge in [-0.2, -0.15) is 15.5 Å². The number of rotatable bonds is 13. The molecule has 2 aromatic carbocycles. The third-order valence-corrected chi connectivity index (χ3v) is 6.37. The lowest BCUT2D eigenvalue weighted by atomic mass is 9.69. The van der Waals surface area contributed by atoms with E-state index in [1.807, 2.05) is 30.3 Å². The minimum Gasteiger partial charge on any atom is -0.497 e. The summed E-state index contributed by atoms with van der Waals surface area (Å²) in [4.78, 5) is 0.